The second-order valence-corrected chi connectivity index (χ2v) is 7.04. The van der Waals surface area contributed by atoms with Crippen LogP contribution in [0.2, 0.25) is 0 Å². The molecular formula is C16H20N4O3S. The molecule has 0 aliphatic carbocycles. The summed E-state index contributed by atoms with van der Waals surface area (Å²) in [6, 6.07) is 1.84. The van der Waals surface area contributed by atoms with E-state index >= 15 is 0 Å². The first-order valence-corrected chi connectivity index (χ1v) is 8.75. The lowest BCUT2D eigenvalue weighted by Gasteiger charge is -2.04. The molecule has 0 fully saturated rings. The van der Waals surface area contributed by atoms with Gasteiger partial charge in [-0.2, -0.15) is 5.10 Å². The summed E-state index contributed by atoms with van der Waals surface area (Å²) in [6.07, 6.45) is 0.656. The van der Waals surface area contributed by atoms with Gasteiger partial charge in [-0.1, -0.05) is 20.8 Å². The maximum absolute atomic E-state index is 12.3. The lowest BCUT2D eigenvalue weighted by molar-refractivity contribution is 0.0442. The number of carbonyl (C=O) groups excluding carboxylic acids is 1. The molecular weight excluding hydrogens is 328 g/mol. The number of rotatable bonds is 6. The van der Waals surface area contributed by atoms with Gasteiger partial charge >= 0.3 is 5.97 Å². The number of thiophene rings is 1. The van der Waals surface area contributed by atoms with Crippen LogP contribution in [0.3, 0.4) is 0 Å². The van der Waals surface area contributed by atoms with Crippen molar-refractivity contribution in [1.29, 1.82) is 0 Å². The highest BCUT2D eigenvalue weighted by Gasteiger charge is 2.18. The van der Waals surface area contributed by atoms with Crippen molar-refractivity contribution in [3.8, 4) is 0 Å². The van der Waals surface area contributed by atoms with Crippen molar-refractivity contribution < 1.29 is 13.9 Å². The number of aryl methyl sites for hydroxylation is 2. The zero-order chi connectivity index (χ0) is 17.3. The highest BCUT2D eigenvalue weighted by molar-refractivity contribution is 7.20. The van der Waals surface area contributed by atoms with Gasteiger partial charge in [-0.3, -0.25) is 4.68 Å². The largest absolute Gasteiger partial charge is 0.451 e. The van der Waals surface area contributed by atoms with Crippen LogP contribution in [0.5, 0.6) is 0 Å². The van der Waals surface area contributed by atoms with E-state index in [-0.39, 0.29) is 12.6 Å². The zero-order valence-corrected chi connectivity index (χ0v) is 15.0. The Bertz CT molecular complexity index is 862. The molecule has 3 aromatic heterocycles. The maximum Gasteiger partial charge on any atom is 0.348 e. The summed E-state index contributed by atoms with van der Waals surface area (Å²) < 4.78 is 12.6. The van der Waals surface area contributed by atoms with Gasteiger partial charge in [-0.25, -0.2) is 4.79 Å². The molecule has 0 amide bonds. The number of carbonyl (C=O) groups is 1. The number of fused-ring (bicyclic) bond motifs is 1. The van der Waals surface area contributed by atoms with Gasteiger partial charge < -0.3 is 9.15 Å². The van der Waals surface area contributed by atoms with Crippen LogP contribution in [0.4, 0.5) is 0 Å². The average molecular weight is 348 g/mol. The second kappa shape index (κ2) is 6.72. The normalized spacial score (nSPS) is 11.5. The Balaban J connectivity index is 1.75. The Morgan fingerprint density at radius 1 is 1.38 bits per heavy atom. The molecule has 0 radical (unpaired) electrons. The quantitative estimate of drug-likeness (QED) is 0.635. The minimum Gasteiger partial charge on any atom is -0.451 e. The summed E-state index contributed by atoms with van der Waals surface area (Å²) in [5.74, 6) is 0.939. The number of ether oxygens (including phenoxy) is 1. The third-order valence-corrected chi connectivity index (χ3v) is 4.61. The van der Waals surface area contributed by atoms with Crippen molar-refractivity contribution in [3.05, 3.63) is 28.4 Å². The molecule has 0 atom stereocenters. The van der Waals surface area contributed by atoms with Crippen molar-refractivity contribution >= 4 is 27.5 Å². The monoisotopic (exact) mass is 348 g/mol. The number of hydrogen-bond donors (Lipinski definition) is 0. The fraction of sp³-hybridized carbons (Fsp3) is 0.500. The predicted molar refractivity (Wildman–Crippen MR) is 90.0 cm³/mol. The number of esters is 1. The molecule has 7 nitrogen and oxygen atoms in total. The molecule has 24 heavy (non-hydrogen) atoms. The maximum atomic E-state index is 12.3. The van der Waals surface area contributed by atoms with Crippen molar-refractivity contribution in [3.63, 3.8) is 0 Å². The summed E-state index contributed by atoms with van der Waals surface area (Å²) >= 11 is 1.40. The van der Waals surface area contributed by atoms with E-state index in [1.165, 1.54) is 11.3 Å². The van der Waals surface area contributed by atoms with E-state index in [0.717, 1.165) is 22.5 Å². The topological polar surface area (TPSA) is 83.0 Å². The Kier molecular flexibility index (Phi) is 4.66. The Labute approximate surface area is 143 Å². The standard InChI is InChI=1S/C16H20N4O3S/c1-5-13-17-18-14(23-13)8-22-16(21)12-6-11-10(4)19-20(7-9(2)3)15(11)24-12/h6,9H,5,7-8H2,1-4H3. The zero-order valence-electron chi connectivity index (χ0n) is 14.2. The Morgan fingerprint density at radius 2 is 2.12 bits per heavy atom. The van der Waals surface area contributed by atoms with Gasteiger partial charge in [0.25, 0.3) is 5.89 Å². The van der Waals surface area contributed by atoms with E-state index in [1.807, 2.05) is 24.6 Å². The van der Waals surface area contributed by atoms with Crippen molar-refractivity contribution in [1.82, 2.24) is 20.0 Å². The average Bonchev–Trinajstić information content (AvgIpc) is 3.22. The third kappa shape index (κ3) is 3.33. The van der Waals surface area contributed by atoms with Crippen molar-refractivity contribution in [2.75, 3.05) is 0 Å². The van der Waals surface area contributed by atoms with E-state index in [2.05, 4.69) is 29.1 Å². The number of aromatic nitrogens is 4. The van der Waals surface area contributed by atoms with Crippen LogP contribution < -0.4 is 0 Å². The molecule has 0 saturated heterocycles. The molecule has 0 aromatic carbocycles. The van der Waals surface area contributed by atoms with Crippen LogP contribution in [-0.4, -0.2) is 25.9 Å². The first-order valence-electron chi connectivity index (χ1n) is 7.93. The Hall–Kier alpha value is -2.22. The van der Waals surface area contributed by atoms with Gasteiger partial charge in [0.15, 0.2) is 6.61 Å². The molecule has 3 aromatic rings. The fourth-order valence-electron chi connectivity index (χ4n) is 2.37. The van der Waals surface area contributed by atoms with Gasteiger partial charge in [0, 0.05) is 18.4 Å². The summed E-state index contributed by atoms with van der Waals surface area (Å²) in [5.41, 5.74) is 0.922. The SMILES string of the molecule is CCc1nnc(COC(=O)c2cc3c(C)nn(CC(C)C)c3s2)o1. The minimum absolute atomic E-state index is 0.0167. The molecule has 0 saturated carbocycles. The molecule has 0 aliphatic rings. The molecule has 3 rings (SSSR count). The van der Waals surface area contributed by atoms with Gasteiger partial charge in [0.2, 0.25) is 5.89 Å². The van der Waals surface area contributed by atoms with Crippen LogP contribution in [0.1, 0.15) is 47.9 Å². The molecule has 0 bridgehead atoms. The third-order valence-electron chi connectivity index (χ3n) is 3.48. The summed E-state index contributed by atoms with van der Waals surface area (Å²) in [7, 11) is 0. The van der Waals surface area contributed by atoms with Crippen LogP contribution in [-0.2, 0) is 24.3 Å². The van der Waals surface area contributed by atoms with Crippen LogP contribution in [0.25, 0.3) is 10.2 Å². The lowest BCUT2D eigenvalue weighted by Crippen LogP contribution is -2.06. The first kappa shape index (κ1) is 16.6. The van der Waals surface area contributed by atoms with Crippen molar-refractivity contribution in [2.24, 2.45) is 5.92 Å². The molecule has 128 valence electrons. The Morgan fingerprint density at radius 3 is 2.79 bits per heavy atom. The minimum atomic E-state index is -0.386. The van der Waals surface area contributed by atoms with Crippen LogP contribution in [0.15, 0.2) is 10.5 Å². The van der Waals surface area contributed by atoms with Crippen LogP contribution >= 0.6 is 11.3 Å². The fourth-order valence-corrected chi connectivity index (χ4v) is 3.44. The predicted octanol–water partition coefficient (Wildman–Crippen LogP) is 3.36. The van der Waals surface area contributed by atoms with Gasteiger partial charge in [-0.15, -0.1) is 21.5 Å². The smallest absolute Gasteiger partial charge is 0.348 e. The second-order valence-electron chi connectivity index (χ2n) is 6.01. The molecule has 8 heteroatoms. The summed E-state index contributed by atoms with van der Waals surface area (Å²) in [4.78, 5) is 13.8. The highest BCUT2D eigenvalue weighted by atomic mass is 32.1. The number of nitrogens with zero attached hydrogens (tertiary/aromatic N) is 4. The molecule has 0 spiro atoms. The van der Waals surface area contributed by atoms with E-state index in [9.17, 15) is 4.79 Å². The van der Waals surface area contributed by atoms with Gasteiger partial charge in [0.05, 0.1) is 5.69 Å². The molecule has 0 unspecified atom stereocenters. The highest BCUT2D eigenvalue weighted by Crippen LogP contribution is 2.29. The van der Waals surface area contributed by atoms with E-state index in [0.29, 0.717) is 29.0 Å². The number of hydrogen-bond acceptors (Lipinski definition) is 7. The van der Waals surface area contributed by atoms with Gasteiger partial charge in [0.1, 0.15) is 9.71 Å². The van der Waals surface area contributed by atoms with E-state index in [1.54, 1.807) is 0 Å². The van der Waals surface area contributed by atoms with E-state index in [4.69, 9.17) is 9.15 Å². The van der Waals surface area contributed by atoms with Gasteiger partial charge in [-0.05, 0) is 18.9 Å². The summed E-state index contributed by atoms with van der Waals surface area (Å²) in [5, 5.41) is 13.2. The van der Waals surface area contributed by atoms with E-state index < -0.39 is 0 Å². The lowest BCUT2D eigenvalue weighted by atomic mass is 10.2. The molecule has 0 aliphatic heterocycles. The van der Waals surface area contributed by atoms with Crippen LogP contribution in [0, 0.1) is 12.8 Å². The van der Waals surface area contributed by atoms with Crippen molar-refractivity contribution in [2.45, 2.75) is 47.3 Å². The molecule has 0 N–H and O–H groups in total. The first-order chi connectivity index (χ1) is 11.5. The molecule has 3 heterocycles. The summed E-state index contributed by atoms with van der Waals surface area (Å²) in [6.45, 7) is 8.95.